The summed E-state index contributed by atoms with van der Waals surface area (Å²) in [5.74, 6) is -1.88. The molecule has 194 valence electrons. The second kappa shape index (κ2) is 14.7. The van der Waals surface area contributed by atoms with Crippen LogP contribution in [0.25, 0.3) is 0 Å². The Morgan fingerprint density at radius 2 is 1.61 bits per heavy atom. The van der Waals surface area contributed by atoms with Crippen molar-refractivity contribution < 1.29 is 29.0 Å². The van der Waals surface area contributed by atoms with Gasteiger partial charge >= 0.3 is 6.09 Å². The number of rotatable bonds is 13. The zero-order valence-corrected chi connectivity index (χ0v) is 21.0. The zero-order chi connectivity index (χ0) is 26.5. The maximum atomic E-state index is 13.1. The van der Waals surface area contributed by atoms with Crippen LogP contribution in [-0.2, 0) is 32.3 Å². The summed E-state index contributed by atoms with van der Waals surface area (Å²) in [6.07, 6.45) is -0.763. The van der Waals surface area contributed by atoms with E-state index in [-0.39, 0.29) is 30.6 Å². The topological polar surface area (TPSA) is 160 Å². The molecule has 10 nitrogen and oxygen atoms in total. The second-order valence-corrected chi connectivity index (χ2v) is 9.34. The highest BCUT2D eigenvalue weighted by atomic mass is 32.2. The first-order chi connectivity index (χ1) is 17.2. The van der Waals surface area contributed by atoms with Crippen LogP contribution in [0.3, 0.4) is 0 Å². The zero-order valence-electron chi connectivity index (χ0n) is 20.2. The average Bonchev–Trinajstić information content (AvgIpc) is 2.86. The number of aliphatic hydroxyl groups excluding tert-OH is 1. The lowest BCUT2D eigenvalue weighted by molar-refractivity contribution is -0.128. The van der Waals surface area contributed by atoms with Crippen molar-refractivity contribution in [3.8, 4) is 0 Å². The van der Waals surface area contributed by atoms with E-state index in [1.165, 1.54) is 0 Å². The molecule has 0 radical (unpaired) electrons. The van der Waals surface area contributed by atoms with Crippen molar-refractivity contribution in [3.63, 3.8) is 0 Å². The van der Waals surface area contributed by atoms with E-state index in [1.807, 2.05) is 30.3 Å². The maximum Gasteiger partial charge on any atom is 0.408 e. The number of nitrogens with one attached hydrogen (secondary N) is 3. The average molecular weight is 517 g/mol. The monoisotopic (exact) mass is 516 g/mol. The van der Waals surface area contributed by atoms with Crippen LogP contribution in [0.4, 0.5) is 10.5 Å². The van der Waals surface area contributed by atoms with Gasteiger partial charge in [0, 0.05) is 11.4 Å². The Morgan fingerprint density at radius 1 is 0.944 bits per heavy atom. The number of nitrogens with two attached hydrogens (primary N) is 1. The van der Waals surface area contributed by atoms with Crippen molar-refractivity contribution in [2.45, 2.75) is 39.1 Å². The van der Waals surface area contributed by atoms with Gasteiger partial charge in [-0.2, -0.15) is 0 Å². The number of hydrogen-bond donors (Lipinski definition) is 5. The lowest BCUT2D eigenvalue weighted by atomic mass is 10.0. The molecule has 0 aromatic heterocycles. The van der Waals surface area contributed by atoms with E-state index in [2.05, 4.69) is 16.0 Å². The lowest BCUT2D eigenvalue weighted by Gasteiger charge is -2.25. The minimum absolute atomic E-state index is 0.0253. The van der Waals surface area contributed by atoms with Gasteiger partial charge < -0.3 is 31.5 Å². The molecule has 0 unspecified atom stereocenters. The molecular weight excluding hydrogens is 484 g/mol. The van der Waals surface area contributed by atoms with Gasteiger partial charge in [-0.05, 0) is 29.2 Å². The van der Waals surface area contributed by atoms with Crippen molar-refractivity contribution in [1.82, 2.24) is 10.6 Å². The first kappa shape index (κ1) is 28.7. The largest absolute Gasteiger partial charge is 0.445 e. The molecule has 2 aromatic rings. The van der Waals surface area contributed by atoms with Crippen LogP contribution >= 0.6 is 11.8 Å². The standard InChI is InChI=1S/C25H32N4O6S/c1-16(2)22(29-25(34)35-13-18-6-4-3-5-7-18)24(33)28-20(14-36-15-21(26)31)23(32)27-19-10-8-17(12-30)9-11-19/h3-11,16,20,22,30H,12-15H2,1-2H3,(H2,26,31)(H,27,32)(H,28,33)(H,29,34)/t20-,22-/m0/s1. The fraction of sp³-hybridized carbons (Fsp3) is 0.360. The minimum Gasteiger partial charge on any atom is -0.445 e. The summed E-state index contributed by atoms with van der Waals surface area (Å²) >= 11 is 1.10. The Hall–Kier alpha value is -3.57. The number of amides is 4. The number of anilines is 1. The van der Waals surface area contributed by atoms with Crippen LogP contribution in [0.1, 0.15) is 25.0 Å². The summed E-state index contributed by atoms with van der Waals surface area (Å²) in [6.45, 7) is 3.42. The number of primary amides is 1. The summed E-state index contributed by atoms with van der Waals surface area (Å²) in [4.78, 5) is 49.5. The summed E-state index contributed by atoms with van der Waals surface area (Å²) in [7, 11) is 0. The van der Waals surface area contributed by atoms with Gasteiger partial charge in [-0.3, -0.25) is 14.4 Å². The highest BCUT2D eigenvalue weighted by molar-refractivity contribution is 8.00. The maximum absolute atomic E-state index is 13.1. The first-order valence-electron chi connectivity index (χ1n) is 11.3. The fourth-order valence-electron chi connectivity index (χ4n) is 3.07. The smallest absolute Gasteiger partial charge is 0.408 e. The summed E-state index contributed by atoms with van der Waals surface area (Å²) in [5.41, 5.74) is 7.14. The molecule has 36 heavy (non-hydrogen) atoms. The fourth-order valence-corrected chi connectivity index (χ4v) is 3.86. The number of hydrogen-bond acceptors (Lipinski definition) is 7. The van der Waals surface area contributed by atoms with Gasteiger partial charge in [0.2, 0.25) is 17.7 Å². The van der Waals surface area contributed by atoms with E-state index >= 15 is 0 Å². The van der Waals surface area contributed by atoms with Crippen LogP contribution in [0, 0.1) is 5.92 Å². The van der Waals surface area contributed by atoms with Crippen molar-refractivity contribution in [1.29, 1.82) is 0 Å². The molecule has 0 spiro atoms. The van der Waals surface area contributed by atoms with Gasteiger partial charge in [0.15, 0.2) is 0 Å². The van der Waals surface area contributed by atoms with Crippen LogP contribution in [0.15, 0.2) is 54.6 Å². The molecule has 0 fully saturated rings. The molecule has 0 aliphatic carbocycles. The molecule has 0 aliphatic rings. The van der Waals surface area contributed by atoms with E-state index in [4.69, 9.17) is 10.5 Å². The number of thioether (sulfide) groups is 1. The SMILES string of the molecule is CC(C)[C@H](NC(=O)OCc1ccccc1)C(=O)N[C@@H](CSCC(N)=O)C(=O)Nc1ccc(CO)cc1. The molecule has 4 amide bonds. The van der Waals surface area contributed by atoms with Gasteiger partial charge in [0.1, 0.15) is 18.7 Å². The highest BCUT2D eigenvalue weighted by Gasteiger charge is 2.29. The van der Waals surface area contributed by atoms with Gasteiger partial charge in [-0.1, -0.05) is 56.3 Å². The van der Waals surface area contributed by atoms with Gasteiger partial charge in [0.05, 0.1) is 12.4 Å². The molecule has 11 heteroatoms. The van der Waals surface area contributed by atoms with Gasteiger partial charge in [-0.25, -0.2) is 4.79 Å². The minimum atomic E-state index is -1.01. The van der Waals surface area contributed by atoms with E-state index in [1.54, 1.807) is 38.1 Å². The molecule has 0 saturated heterocycles. The number of carbonyl (C=O) groups excluding carboxylic acids is 4. The van der Waals surface area contributed by atoms with Gasteiger partial charge in [0.25, 0.3) is 0 Å². The third-order valence-electron chi connectivity index (χ3n) is 5.00. The molecule has 0 saturated carbocycles. The summed E-state index contributed by atoms with van der Waals surface area (Å²) < 4.78 is 5.22. The normalized spacial score (nSPS) is 12.3. The van der Waals surface area contributed by atoms with Crippen LogP contribution in [0.2, 0.25) is 0 Å². The third kappa shape index (κ3) is 9.96. The molecule has 0 bridgehead atoms. The molecule has 6 N–H and O–H groups in total. The van der Waals surface area contributed by atoms with Gasteiger partial charge in [-0.15, -0.1) is 11.8 Å². The Labute approximate surface area is 214 Å². The Balaban J connectivity index is 2.04. The van der Waals surface area contributed by atoms with E-state index in [0.717, 1.165) is 17.3 Å². The predicted molar refractivity (Wildman–Crippen MR) is 138 cm³/mol. The van der Waals surface area contributed by atoms with Crippen LogP contribution < -0.4 is 21.7 Å². The Bertz CT molecular complexity index is 1020. The van der Waals surface area contributed by atoms with E-state index in [0.29, 0.717) is 11.3 Å². The molecule has 2 atom stereocenters. The number of benzene rings is 2. The highest BCUT2D eigenvalue weighted by Crippen LogP contribution is 2.12. The van der Waals surface area contributed by atoms with Crippen LogP contribution in [0.5, 0.6) is 0 Å². The number of alkyl carbamates (subject to hydrolysis) is 1. The molecule has 0 heterocycles. The van der Waals surface area contributed by atoms with Crippen molar-refractivity contribution in [2.24, 2.45) is 11.7 Å². The van der Waals surface area contributed by atoms with Crippen molar-refractivity contribution in [3.05, 3.63) is 65.7 Å². The summed E-state index contributed by atoms with van der Waals surface area (Å²) in [6, 6.07) is 13.7. The van der Waals surface area contributed by atoms with Crippen LogP contribution in [-0.4, -0.2) is 52.5 Å². The Morgan fingerprint density at radius 3 is 2.19 bits per heavy atom. The lowest BCUT2D eigenvalue weighted by Crippen LogP contribution is -2.55. The first-order valence-corrected chi connectivity index (χ1v) is 12.5. The van der Waals surface area contributed by atoms with E-state index < -0.39 is 35.9 Å². The quantitative estimate of drug-likeness (QED) is 0.271. The number of ether oxygens (including phenoxy) is 1. The molecular formula is C25H32N4O6S. The Kier molecular flexibility index (Phi) is 11.7. The number of aliphatic hydroxyl groups is 1. The second-order valence-electron chi connectivity index (χ2n) is 8.31. The summed E-state index contributed by atoms with van der Waals surface area (Å²) in [5, 5.41) is 17.1. The molecule has 2 rings (SSSR count). The van der Waals surface area contributed by atoms with Crippen molar-refractivity contribution >= 4 is 41.3 Å². The van der Waals surface area contributed by atoms with Crippen molar-refractivity contribution in [2.75, 3.05) is 16.8 Å². The van der Waals surface area contributed by atoms with E-state index in [9.17, 15) is 24.3 Å². The third-order valence-corrected chi connectivity index (χ3v) is 6.06. The molecule has 2 aromatic carbocycles. The molecule has 0 aliphatic heterocycles. The predicted octanol–water partition coefficient (Wildman–Crippen LogP) is 1.77. The number of carbonyl (C=O) groups is 4.